The van der Waals surface area contributed by atoms with Crippen molar-refractivity contribution in [3.63, 3.8) is 0 Å². The van der Waals surface area contributed by atoms with Crippen molar-refractivity contribution in [2.24, 2.45) is 0 Å². The van der Waals surface area contributed by atoms with Gasteiger partial charge in [0.05, 0.1) is 17.3 Å². The second-order valence-corrected chi connectivity index (χ2v) is 19.0. The van der Waals surface area contributed by atoms with Gasteiger partial charge in [-0.15, -0.1) is 11.3 Å². The van der Waals surface area contributed by atoms with Gasteiger partial charge >= 0.3 is 0 Å². The lowest BCUT2D eigenvalue weighted by Gasteiger charge is -2.09. The monoisotopic (exact) mass is 800 g/mol. The normalized spacial score (nSPS) is 12.4. The third kappa shape index (κ3) is 15.0. The maximum Gasteiger partial charge on any atom is 0.181 e. The largest absolute Gasteiger partial charge is 0.224 e. The molecular formula is C28H50I2O4S3. The van der Waals surface area contributed by atoms with E-state index in [1.54, 1.807) is 0 Å². The number of hydrogen-bond donors (Lipinski definition) is 0. The smallest absolute Gasteiger partial charge is 0.181 e. The van der Waals surface area contributed by atoms with E-state index >= 15 is 0 Å². The van der Waals surface area contributed by atoms with E-state index in [4.69, 9.17) is 0 Å². The maximum atomic E-state index is 13.2. The van der Waals surface area contributed by atoms with Crippen LogP contribution in [0.15, 0.2) is 9.79 Å². The summed E-state index contributed by atoms with van der Waals surface area (Å²) in [7, 11) is -7.25. The van der Waals surface area contributed by atoms with Gasteiger partial charge in [-0.3, -0.25) is 0 Å². The molecule has 0 aliphatic carbocycles. The highest BCUT2D eigenvalue weighted by molar-refractivity contribution is 14.1. The van der Waals surface area contributed by atoms with Crippen LogP contribution in [0, 0.1) is 5.77 Å². The van der Waals surface area contributed by atoms with Crippen LogP contribution < -0.4 is 0 Å². The predicted octanol–water partition coefficient (Wildman–Crippen LogP) is 10.3. The zero-order valence-corrected chi connectivity index (χ0v) is 29.9. The van der Waals surface area contributed by atoms with E-state index in [1.165, 1.54) is 88.4 Å². The van der Waals surface area contributed by atoms with Crippen LogP contribution in [0.1, 0.15) is 142 Å². The molecule has 0 unspecified atom stereocenters. The van der Waals surface area contributed by atoms with E-state index < -0.39 is 19.7 Å². The van der Waals surface area contributed by atoms with Crippen molar-refractivity contribution in [1.82, 2.24) is 0 Å². The molecule has 0 spiro atoms. The van der Waals surface area contributed by atoms with Crippen LogP contribution in [-0.2, 0) is 19.7 Å². The fourth-order valence-electron chi connectivity index (χ4n) is 4.64. The lowest BCUT2D eigenvalue weighted by Crippen LogP contribution is -2.15. The number of hydrogen-bond acceptors (Lipinski definition) is 5. The summed E-state index contributed by atoms with van der Waals surface area (Å²) in [5.74, 6) is 0.0696. The second kappa shape index (κ2) is 20.9. The number of thiophene rings is 1. The fraction of sp³-hybridized carbons (Fsp3) is 0.857. The minimum absolute atomic E-state index is 0.0348. The lowest BCUT2D eigenvalue weighted by atomic mass is 10.1. The molecular weight excluding hydrogens is 750 g/mol. The second-order valence-electron chi connectivity index (χ2n) is 10.3. The Morgan fingerprint density at radius 3 is 0.973 bits per heavy atom. The highest BCUT2D eigenvalue weighted by atomic mass is 127. The molecule has 0 N–H and O–H groups in total. The van der Waals surface area contributed by atoms with Gasteiger partial charge in [0.2, 0.25) is 0 Å². The predicted molar refractivity (Wildman–Crippen MR) is 178 cm³/mol. The van der Waals surface area contributed by atoms with Gasteiger partial charge < -0.3 is 0 Å². The Morgan fingerprint density at radius 1 is 0.459 bits per heavy atom. The molecule has 9 heteroatoms. The average molecular weight is 801 g/mol. The van der Waals surface area contributed by atoms with Crippen LogP contribution in [0.2, 0.25) is 0 Å². The van der Waals surface area contributed by atoms with Gasteiger partial charge in [-0.05, 0) is 58.0 Å². The van der Waals surface area contributed by atoms with Gasteiger partial charge in [0.25, 0.3) is 0 Å². The van der Waals surface area contributed by atoms with Crippen LogP contribution in [0.3, 0.4) is 0 Å². The van der Waals surface area contributed by atoms with E-state index in [0.29, 0.717) is 18.6 Å². The van der Waals surface area contributed by atoms with Gasteiger partial charge in [-0.2, -0.15) is 0 Å². The third-order valence-electron chi connectivity index (χ3n) is 6.90. The Bertz CT molecular complexity index is 866. The van der Waals surface area contributed by atoms with Gasteiger partial charge in [-0.1, -0.05) is 129 Å². The Hall–Kier alpha value is 1.06. The molecule has 4 nitrogen and oxygen atoms in total. The molecule has 0 fully saturated rings. The van der Waals surface area contributed by atoms with Crippen molar-refractivity contribution in [3.05, 3.63) is 5.77 Å². The molecule has 0 aliphatic rings. The highest BCUT2D eigenvalue weighted by Crippen LogP contribution is 2.39. The molecule has 0 atom stereocenters. The zero-order valence-electron chi connectivity index (χ0n) is 23.2. The van der Waals surface area contributed by atoms with Crippen molar-refractivity contribution < 1.29 is 16.8 Å². The quantitative estimate of drug-likeness (QED) is 0.0772. The third-order valence-corrected chi connectivity index (χ3v) is 14.9. The van der Waals surface area contributed by atoms with Crippen molar-refractivity contribution in [1.29, 1.82) is 0 Å². The van der Waals surface area contributed by atoms with E-state index in [1.807, 2.05) is 45.2 Å². The fourth-order valence-corrected chi connectivity index (χ4v) is 15.4. The molecule has 37 heavy (non-hydrogen) atoms. The van der Waals surface area contributed by atoms with Crippen molar-refractivity contribution in [2.75, 3.05) is 11.5 Å². The van der Waals surface area contributed by atoms with Gasteiger partial charge in [0.1, 0.15) is 9.79 Å². The van der Waals surface area contributed by atoms with Gasteiger partial charge in [0, 0.05) is 0 Å². The van der Waals surface area contributed by atoms with Crippen molar-refractivity contribution >= 4 is 76.2 Å². The zero-order chi connectivity index (χ0) is 27.6. The maximum absolute atomic E-state index is 13.2. The summed E-state index contributed by atoms with van der Waals surface area (Å²) >= 11 is 5.30. The first kappa shape index (κ1) is 36.1. The van der Waals surface area contributed by atoms with Crippen LogP contribution in [0.25, 0.3) is 0 Å². The summed E-state index contributed by atoms with van der Waals surface area (Å²) in [5, 5.41) is 0. The minimum atomic E-state index is -3.63. The summed E-state index contributed by atoms with van der Waals surface area (Å²) < 4.78 is 54.1. The summed E-state index contributed by atoms with van der Waals surface area (Å²) in [6.45, 7) is 4.45. The molecule has 0 aliphatic heterocycles. The molecule has 218 valence electrons. The molecule has 0 saturated carbocycles. The topological polar surface area (TPSA) is 68.3 Å². The Balaban J connectivity index is 2.51. The summed E-state index contributed by atoms with van der Waals surface area (Å²) in [6, 6.07) is 0. The lowest BCUT2D eigenvalue weighted by molar-refractivity contribution is 0.555. The average Bonchev–Trinajstić information content (AvgIpc) is 3.16. The number of unbranched alkanes of at least 4 members (excludes halogenated alkanes) is 18. The SMILES string of the molecule is CCCCCCCCCCCCS(=O)(=O)c1c(I)sc(I)c1S(=O)(=O)CCCCCCCCCCCC. The van der Waals surface area contributed by atoms with E-state index in [2.05, 4.69) is 13.8 Å². The molecule has 1 rings (SSSR count). The van der Waals surface area contributed by atoms with Crippen LogP contribution in [0.4, 0.5) is 0 Å². The van der Waals surface area contributed by atoms with E-state index in [-0.39, 0.29) is 21.3 Å². The molecule has 0 bridgehead atoms. The van der Waals surface area contributed by atoms with Crippen molar-refractivity contribution in [2.45, 2.75) is 152 Å². The highest BCUT2D eigenvalue weighted by Gasteiger charge is 2.33. The Morgan fingerprint density at radius 2 is 0.703 bits per heavy atom. The molecule has 1 aromatic rings. The van der Waals surface area contributed by atoms with E-state index in [0.717, 1.165) is 38.5 Å². The first-order chi connectivity index (χ1) is 17.7. The van der Waals surface area contributed by atoms with Crippen LogP contribution in [0.5, 0.6) is 0 Å². The molecule has 1 heterocycles. The van der Waals surface area contributed by atoms with Gasteiger partial charge in [-0.25, -0.2) is 16.8 Å². The molecule has 0 amide bonds. The standard InChI is InChI=1S/C28H50I2O4S3/c1-3-5-7-9-11-13-15-17-19-21-23-36(31,32)25-26(28(30)35-27(25)29)37(33,34)24-22-20-18-16-14-12-10-8-6-4-2/h3-24H2,1-2H3. The van der Waals surface area contributed by atoms with Crippen molar-refractivity contribution in [3.8, 4) is 0 Å². The number of halogens is 2. The van der Waals surface area contributed by atoms with E-state index in [9.17, 15) is 16.8 Å². The first-order valence-corrected chi connectivity index (χ1v) is 20.9. The first-order valence-electron chi connectivity index (χ1n) is 14.6. The number of sulfone groups is 2. The molecule has 0 saturated heterocycles. The number of rotatable bonds is 24. The minimum Gasteiger partial charge on any atom is -0.224 e. The Labute approximate surface area is 260 Å². The summed E-state index contributed by atoms with van der Waals surface area (Å²) in [6.07, 6.45) is 22.7. The summed E-state index contributed by atoms with van der Waals surface area (Å²) in [4.78, 5) is 0.149. The molecule has 1 aromatic heterocycles. The van der Waals surface area contributed by atoms with Crippen LogP contribution >= 0.6 is 56.5 Å². The Kier molecular flexibility index (Phi) is 20.3. The van der Waals surface area contributed by atoms with Gasteiger partial charge in [0.15, 0.2) is 19.7 Å². The summed E-state index contributed by atoms with van der Waals surface area (Å²) in [5.41, 5.74) is 0. The molecule has 0 aromatic carbocycles. The van der Waals surface area contributed by atoms with Crippen LogP contribution in [-0.4, -0.2) is 28.3 Å². The molecule has 0 radical (unpaired) electrons.